The van der Waals surface area contributed by atoms with Gasteiger partial charge in [-0.2, -0.15) is 0 Å². The van der Waals surface area contributed by atoms with Crippen LogP contribution >= 0.6 is 0 Å². The number of amides is 1. The van der Waals surface area contributed by atoms with Crippen LogP contribution in [0.1, 0.15) is 43.8 Å². The standard InChI is InChI=1S/C29H33N3O4/c1-20(25-16-28(35)31(3)17-25)19-36-27-12-9-24(10-13-27)23-7-4-22(5-8-23)6-11-26(18-33)32-15-14-30-29(32)21(2)34/h4-5,7-10,12-15,20-21,25-26,33-34H,16-19H2,1-3H3/t20-,21-,25-,26-/m0/s1. The van der Waals surface area contributed by atoms with Crippen LogP contribution in [-0.4, -0.2) is 57.4 Å². The zero-order chi connectivity index (χ0) is 25.7. The van der Waals surface area contributed by atoms with Crippen molar-refractivity contribution in [2.24, 2.45) is 11.8 Å². The number of hydrogen-bond acceptors (Lipinski definition) is 5. The third-order valence-corrected chi connectivity index (χ3v) is 6.73. The van der Waals surface area contributed by atoms with Crippen molar-refractivity contribution < 1.29 is 19.7 Å². The minimum absolute atomic E-state index is 0.176. The first-order valence-corrected chi connectivity index (χ1v) is 12.3. The van der Waals surface area contributed by atoms with Crippen molar-refractivity contribution in [3.8, 4) is 28.7 Å². The molecular weight excluding hydrogens is 454 g/mol. The van der Waals surface area contributed by atoms with Gasteiger partial charge in [0.1, 0.15) is 23.7 Å². The summed E-state index contributed by atoms with van der Waals surface area (Å²) < 4.78 is 7.69. The second-order valence-corrected chi connectivity index (χ2v) is 9.46. The van der Waals surface area contributed by atoms with Crippen LogP contribution in [0, 0.1) is 23.7 Å². The van der Waals surface area contributed by atoms with E-state index in [-0.39, 0.29) is 12.5 Å². The lowest BCUT2D eigenvalue weighted by atomic mass is 9.94. The third kappa shape index (κ3) is 5.96. The van der Waals surface area contributed by atoms with Crippen molar-refractivity contribution in [3.63, 3.8) is 0 Å². The van der Waals surface area contributed by atoms with Crippen LogP contribution < -0.4 is 4.74 Å². The first kappa shape index (κ1) is 25.5. The summed E-state index contributed by atoms with van der Waals surface area (Å²) in [6.45, 7) is 4.99. The lowest BCUT2D eigenvalue weighted by Gasteiger charge is -2.19. The highest BCUT2D eigenvalue weighted by Crippen LogP contribution is 2.26. The van der Waals surface area contributed by atoms with Gasteiger partial charge in [-0.3, -0.25) is 4.79 Å². The van der Waals surface area contributed by atoms with Gasteiger partial charge in [-0.15, -0.1) is 0 Å². The van der Waals surface area contributed by atoms with E-state index in [2.05, 4.69) is 23.7 Å². The number of rotatable bonds is 8. The number of ether oxygens (including phenoxy) is 1. The monoisotopic (exact) mass is 487 g/mol. The van der Waals surface area contributed by atoms with Gasteiger partial charge >= 0.3 is 0 Å². The quantitative estimate of drug-likeness (QED) is 0.474. The lowest BCUT2D eigenvalue weighted by molar-refractivity contribution is -0.126. The maximum absolute atomic E-state index is 11.8. The van der Waals surface area contributed by atoms with Gasteiger partial charge in [-0.25, -0.2) is 4.98 Å². The number of aliphatic hydroxyl groups excluding tert-OH is 2. The third-order valence-electron chi connectivity index (χ3n) is 6.73. The second kappa shape index (κ2) is 11.4. The van der Waals surface area contributed by atoms with Crippen molar-refractivity contribution in [2.45, 2.75) is 32.4 Å². The van der Waals surface area contributed by atoms with Gasteiger partial charge in [0.15, 0.2) is 0 Å². The summed E-state index contributed by atoms with van der Waals surface area (Å²) >= 11 is 0. The Bertz CT molecular complexity index is 1220. The van der Waals surface area contributed by atoms with Crippen molar-refractivity contribution >= 4 is 5.91 Å². The fraction of sp³-hybridized carbons (Fsp3) is 0.379. The van der Waals surface area contributed by atoms with Gasteiger partial charge in [-0.05, 0) is 54.2 Å². The van der Waals surface area contributed by atoms with E-state index < -0.39 is 12.1 Å². The van der Waals surface area contributed by atoms with E-state index in [1.165, 1.54) is 0 Å². The average molecular weight is 488 g/mol. The zero-order valence-corrected chi connectivity index (χ0v) is 21.0. The molecule has 1 fully saturated rings. The lowest BCUT2D eigenvalue weighted by Crippen LogP contribution is -2.23. The predicted molar refractivity (Wildman–Crippen MR) is 138 cm³/mol. The van der Waals surface area contributed by atoms with E-state index in [1.807, 2.05) is 55.6 Å². The van der Waals surface area contributed by atoms with E-state index in [0.717, 1.165) is 29.0 Å². The Morgan fingerprint density at radius 3 is 2.36 bits per heavy atom. The molecule has 1 aliphatic rings. The zero-order valence-electron chi connectivity index (χ0n) is 21.0. The molecule has 7 heteroatoms. The Hall–Kier alpha value is -3.60. The van der Waals surface area contributed by atoms with Gasteiger partial charge in [0.2, 0.25) is 5.91 Å². The molecule has 0 saturated carbocycles. The normalized spacial score (nSPS) is 17.9. The van der Waals surface area contributed by atoms with Crippen molar-refractivity contribution in [3.05, 3.63) is 72.3 Å². The molecule has 0 bridgehead atoms. The summed E-state index contributed by atoms with van der Waals surface area (Å²) in [5.41, 5.74) is 2.98. The molecule has 0 radical (unpaired) electrons. The minimum Gasteiger partial charge on any atom is -0.493 e. The molecule has 0 spiro atoms. The van der Waals surface area contributed by atoms with Crippen LogP contribution in [0.5, 0.6) is 5.75 Å². The fourth-order valence-corrected chi connectivity index (χ4v) is 4.41. The summed E-state index contributed by atoms with van der Waals surface area (Å²) in [5.74, 6) is 8.34. The topological polar surface area (TPSA) is 87.8 Å². The summed E-state index contributed by atoms with van der Waals surface area (Å²) in [5, 5.41) is 19.6. The maximum atomic E-state index is 11.8. The fourth-order valence-electron chi connectivity index (χ4n) is 4.41. The van der Waals surface area contributed by atoms with E-state index in [4.69, 9.17) is 4.74 Å². The number of benzene rings is 2. The molecule has 0 aliphatic carbocycles. The average Bonchev–Trinajstić information content (AvgIpc) is 3.51. The van der Waals surface area contributed by atoms with Crippen LogP contribution in [0.4, 0.5) is 0 Å². The summed E-state index contributed by atoms with van der Waals surface area (Å²) in [4.78, 5) is 17.7. The highest BCUT2D eigenvalue weighted by atomic mass is 16.5. The molecule has 2 heterocycles. The van der Waals surface area contributed by atoms with E-state index in [9.17, 15) is 15.0 Å². The molecule has 1 aliphatic heterocycles. The smallest absolute Gasteiger partial charge is 0.222 e. The van der Waals surface area contributed by atoms with Crippen molar-refractivity contribution in [2.75, 3.05) is 26.8 Å². The van der Waals surface area contributed by atoms with Gasteiger partial charge in [0.25, 0.3) is 0 Å². The molecule has 4 atom stereocenters. The Morgan fingerprint density at radius 1 is 1.11 bits per heavy atom. The molecule has 4 rings (SSSR count). The number of carbonyl (C=O) groups excluding carboxylic acids is 1. The van der Waals surface area contributed by atoms with Gasteiger partial charge < -0.3 is 24.4 Å². The van der Waals surface area contributed by atoms with Crippen molar-refractivity contribution in [1.29, 1.82) is 0 Å². The van der Waals surface area contributed by atoms with E-state index >= 15 is 0 Å². The van der Waals surface area contributed by atoms with Crippen LogP contribution in [0.2, 0.25) is 0 Å². The Balaban J connectivity index is 1.36. The highest BCUT2D eigenvalue weighted by Gasteiger charge is 2.31. The molecular formula is C29H33N3O4. The predicted octanol–water partition coefficient (Wildman–Crippen LogP) is 3.68. The number of nitrogens with zero attached hydrogens (tertiary/aromatic N) is 3. The molecule has 0 unspecified atom stereocenters. The molecule has 1 saturated heterocycles. The van der Waals surface area contributed by atoms with Crippen LogP contribution in [0.15, 0.2) is 60.9 Å². The van der Waals surface area contributed by atoms with Gasteiger partial charge in [0.05, 0.1) is 13.2 Å². The molecule has 7 nitrogen and oxygen atoms in total. The van der Waals surface area contributed by atoms with Crippen LogP contribution in [-0.2, 0) is 4.79 Å². The summed E-state index contributed by atoms with van der Waals surface area (Å²) in [7, 11) is 1.86. The van der Waals surface area contributed by atoms with Crippen LogP contribution in [0.3, 0.4) is 0 Å². The number of aliphatic hydroxyl groups is 2. The Kier molecular flexibility index (Phi) is 8.09. The minimum atomic E-state index is -0.740. The first-order valence-electron chi connectivity index (χ1n) is 12.3. The molecule has 2 N–H and O–H groups in total. The number of likely N-dealkylation sites (tertiary alicyclic amines) is 1. The highest BCUT2D eigenvalue weighted by molar-refractivity contribution is 5.78. The second-order valence-electron chi connectivity index (χ2n) is 9.46. The summed E-state index contributed by atoms with van der Waals surface area (Å²) in [6, 6.07) is 15.5. The van der Waals surface area contributed by atoms with Crippen LogP contribution in [0.25, 0.3) is 11.1 Å². The number of hydrogen-bond donors (Lipinski definition) is 2. The first-order chi connectivity index (χ1) is 17.4. The van der Waals surface area contributed by atoms with E-state index in [1.54, 1.807) is 28.8 Å². The Morgan fingerprint density at radius 2 is 1.78 bits per heavy atom. The Labute approximate surface area is 212 Å². The molecule has 1 amide bonds. The molecule has 1 aromatic heterocycles. The summed E-state index contributed by atoms with van der Waals surface area (Å²) in [6.07, 6.45) is 3.17. The molecule has 36 heavy (non-hydrogen) atoms. The SMILES string of the molecule is C[C@H](O)c1nccn1[C@@H](C#Cc1ccc(-c2ccc(OC[C@H](C)[C@H]3CC(=O)N(C)C3)cc2)cc1)CO. The molecule has 2 aromatic carbocycles. The molecule has 3 aromatic rings. The number of imidazole rings is 1. The number of carbonyl (C=O) groups is 1. The van der Waals surface area contributed by atoms with E-state index in [0.29, 0.717) is 30.7 Å². The van der Waals surface area contributed by atoms with Crippen molar-refractivity contribution in [1.82, 2.24) is 14.5 Å². The molecule has 188 valence electrons. The maximum Gasteiger partial charge on any atom is 0.222 e. The van der Waals surface area contributed by atoms with Gasteiger partial charge in [0, 0.05) is 38.0 Å². The van der Waals surface area contributed by atoms with Gasteiger partial charge in [-0.1, -0.05) is 43.0 Å². The number of aromatic nitrogens is 2. The largest absolute Gasteiger partial charge is 0.493 e.